The van der Waals surface area contributed by atoms with Crippen LogP contribution in [-0.4, -0.2) is 4.98 Å². The molecule has 1 heterocycles. The lowest BCUT2D eigenvalue weighted by Crippen LogP contribution is -1.87. The normalized spacial score (nSPS) is 11.1. The van der Waals surface area contributed by atoms with Crippen LogP contribution in [0.2, 0.25) is 0 Å². The second kappa shape index (κ2) is 3.12. The van der Waals surface area contributed by atoms with E-state index in [4.69, 9.17) is 0 Å². The fraction of sp³-hybridized carbons (Fsp3) is 0.333. The Morgan fingerprint density at radius 3 is 2.64 bits per heavy atom. The molecule has 0 radical (unpaired) electrons. The Kier molecular flexibility index (Phi) is 2.06. The zero-order valence-corrected chi connectivity index (χ0v) is 8.74. The lowest BCUT2D eigenvalue weighted by molar-refractivity contribution is 0.614. The van der Waals surface area contributed by atoms with Crippen molar-refractivity contribution < 1.29 is 4.39 Å². The predicted octanol–water partition coefficient (Wildman–Crippen LogP) is 3.49. The Hall–Kier alpha value is -1.31. The molecule has 2 heteroatoms. The molecule has 14 heavy (non-hydrogen) atoms. The van der Waals surface area contributed by atoms with E-state index in [-0.39, 0.29) is 5.82 Å². The highest BCUT2D eigenvalue weighted by Gasteiger charge is 2.08. The fourth-order valence-corrected chi connectivity index (χ4v) is 1.80. The second-order valence-corrected chi connectivity index (χ2v) is 3.72. The summed E-state index contributed by atoms with van der Waals surface area (Å²) in [7, 11) is 0. The van der Waals surface area contributed by atoms with Gasteiger partial charge in [-0.15, -0.1) is 0 Å². The molecule has 0 atom stereocenters. The molecular weight excluding hydrogens is 177 g/mol. The molecule has 0 amide bonds. The van der Waals surface area contributed by atoms with Crippen LogP contribution in [0.4, 0.5) is 4.39 Å². The van der Waals surface area contributed by atoms with E-state index in [1.165, 1.54) is 5.56 Å². The van der Waals surface area contributed by atoms with Gasteiger partial charge < -0.3 is 4.98 Å². The lowest BCUT2D eigenvalue weighted by atomic mass is 10.1. The van der Waals surface area contributed by atoms with Gasteiger partial charge in [0.2, 0.25) is 0 Å². The number of hydrogen-bond acceptors (Lipinski definition) is 0. The second-order valence-electron chi connectivity index (χ2n) is 3.72. The molecule has 2 aromatic rings. The van der Waals surface area contributed by atoms with Crippen LogP contribution in [0, 0.1) is 19.7 Å². The molecule has 74 valence electrons. The summed E-state index contributed by atoms with van der Waals surface area (Å²) in [6.07, 6.45) is 0.742. The average molecular weight is 191 g/mol. The van der Waals surface area contributed by atoms with Gasteiger partial charge in [0, 0.05) is 16.6 Å². The van der Waals surface area contributed by atoms with E-state index in [0.717, 1.165) is 28.6 Å². The van der Waals surface area contributed by atoms with Gasteiger partial charge >= 0.3 is 0 Å². The number of halogens is 1. The number of rotatable bonds is 1. The van der Waals surface area contributed by atoms with Crippen molar-refractivity contribution in [3.63, 3.8) is 0 Å². The van der Waals surface area contributed by atoms with Gasteiger partial charge in [-0.05, 0) is 43.5 Å². The first-order valence-electron chi connectivity index (χ1n) is 4.90. The number of aromatic amines is 1. The summed E-state index contributed by atoms with van der Waals surface area (Å²) in [6, 6.07) is 3.54. The molecule has 0 aliphatic carbocycles. The Morgan fingerprint density at radius 2 is 2.00 bits per heavy atom. The van der Waals surface area contributed by atoms with Crippen molar-refractivity contribution in [2.24, 2.45) is 0 Å². The van der Waals surface area contributed by atoms with Crippen LogP contribution in [0.15, 0.2) is 12.1 Å². The first kappa shape index (κ1) is 9.25. The largest absolute Gasteiger partial charge is 0.358 e. The highest BCUT2D eigenvalue weighted by atomic mass is 19.1. The number of aryl methyl sites for hydroxylation is 3. The Balaban J connectivity index is 2.80. The van der Waals surface area contributed by atoms with Crippen LogP contribution in [0.5, 0.6) is 0 Å². The topological polar surface area (TPSA) is 15.8 Å². The van der Waals surface area contributed by atoms with E-state index in [1.807, 2.05) is 19.9 Å². The van der Waals surface area contributed by atoms with Gasteiger partial charge in [-0.2, -0.15) is 0 Å². The van der Waals surface area contributed by atoms with Crippen LogP contribution in [-0.2, 0) is 6.42 Å². The highest BCUT2D eigenvalue weighted by molar-refractivity contribution is 5.85. The van der Waals surface area contributed by atoms with E-state index < -0.39 is 0 Å². The van der Waals surface area contributed by atoms with Gasteiger partial charge in [0.1, 0.15) is 5.82 Å². The summed E-state index contributed by atoms with van der Waals surface area (Å²) in [5, 5.41) is 1.14. The first-order chi connectivity index (χ1) is 6.63. The predicted molar refractivity (Wildman–Crippen MR) is 57.1 cm³/mol. The molecule has 1 N–H and O–H groups in total. The van der Waals surface area contributed by atoms with Gasteiger partial charge in [-0.1, -0.05) is 6.92 Å². The fourth-order valence-electron chi connectivity index (χ4n) is 1.80. The number of nitrogens with one attached hydrogen (secondary N) is 1. The quantitative estimate of drug-likeness (QED) is 0.710. The monoisotopic (exact) mass is 191 g/mol. The number of hydrogen-bond donors (Lipinski definition) is 1. The Labute approximate surface area is 82.9 Å². The van der Waals surface area contributed by atoms with Crippen molar-refractivity contribution in [3.8, 4) is 0 Å². The maximum atomic E-state index is 13.4. The minimum Gasteiger partial charge on any atom is -0.358 e. The molecular formula is C12H14FN. The summed E-state index contributed by atoms with van der Waals surface area (Å²) >= 11 is 0. The minimum absolute atomic E-state index is 0.110. The van der Waals surface area contributed by atoms with Gasteiger partial charge in [-0.3, -0.25) is 0 Å². The van der Waals surface area contributed by atoms with Crippen LogP contribution in [0.3, 0.4) is 0 Å². The van der Waals surface area contributed by atoms with Crippen molar-refractivity contribution >= 4 is 10.9 Å². The van der Waals surface area contributed by atoms with Gasteiger partial charge in [0.05, 0.1) is 0 Å². The standard InChI is InChI=1S/C12H14FN/c1-4-9-5-10-7(2)8(3)14-12(10)6-11(9)13/h5-6,14H,4H2,1-3H3. The lowest BCUT2D eigenvalue weighted by Gasteiger charge is -2.00. The number of aromatic nitrogens is 1. The first-order valence-corrected chi connectivity index (χ1v) is 4.90. The van der Waals surface area contributed by atoms with E-state index in [2.05, 4.69) is 11.9 Å². The minimum atomic E-state index is -0.110. The molecule has 0 fully saturated rings. The third-order valence-electron chi connectivity index (χ3n) is 2.86. The molecule has 0 saturated carbocycles. The van der Waals surface area contributed by atoms with Crippen LogP contribution < -0.4 is 0 Å². The van der Waals surface area contributed by atoms with E-state index in [1.54, 1.807) is 6.07 Å². The van der Waals surface area contributed by atoms with E-state index in [9.17, 15) is 4.39 Å². The van der Waals surface area contributed by atoms with Gasteiger partial charge in [-0.25, -0.2) is 4.39 Å². The molecule has 1 aromatic carbocycles. The van der Waals surface area contributed by atoms with Crippen molar-refractivity contribution in [2.45, 2.75) is 27.2 Å². The van der Waals surface area contributed by atoms with Crippen LogP contribution >= 0.6 is 0 Å². The summed E-state index contributed by atoms with van der Waals surface area (Å²) < 4.78 is 13.4. The smallest absolute Gasteiger partial charge is 0.128 e. The summed E-state index contributed by atoms with van der Waals surface area (Å²) in [5.41, 5.74) is 4.02. The van der Waals surface area contributed by atoms with Gasteiger partial charge in [0.15, 0.2) is 0 Å². The third kappa shape index (κ3) is 1.22. The molecule has 0 aliphatic rings. The molecule has 0 unspecified atom stereocenters. The average Bonchev–Trinajstić information content (AvgIpc) is 2.41. The molecule has 0 saturated heterocycles. The maximum absolute atomic E-state index is 13.4. The van der Waals surface area contributed by atoms with Crippen molar-refractivity contribution in [1.82, 2.24) is 4.98 Å². The highest BCUT2D eigenvalue weighted by Crippen LogP contribution is 2.24. The van der Waals surface area contributed by atoms with Gasteiger partial charge in [0.25, 0.3) is 0 Å². The summed E-state index contributed by atoms with van der Waals surface area (Å²) in [6.45, 7) is 6.05. The van der Waals surface area contributed by atoms with Crippen molar-refractivity contribution in [3.05, 3.63) is 34.8 Å². The van der Waals surface area contributed by atoms with E-state index in [0.29, 0.717) is 0 Å². The van der Waals surface area contributed by atoms with Crippen LogP contribution in [0.1, 0.15) is 23.7 Å². The number of H-pyrrole nitrogens is 1. The summed E-state index contributed by atoms with van der Waals surface area (Å²) in [4.78, 5) is 3.18. The van der Waals surface area contributed by atoms with E-state index >= 15 is 0 Å². The number of fused-ring (bicyclic) bond motifs is 1. The Bertz CT molecular complexity index is 483. The van der Waals surface area contributed by atoms with Crippen LogP contribution in [0.25, 0.3) is 10.9 Å². The zero-order chi connectivity index (χ0) is 10.3. The summed E-state index contributed by atoms with van der Waals surface area (Å²) in [5.74, 6) is -0.110. The Morgan fingerprint density at radius 1 is 1.29 bits per heavy atom. The SMILES string of the molecule is CCc1cc2c(C)c(C)[nH]c2cc1F. The van der Waals surface area contributed by atoms with Crippen molar-refractivity contribution in [1.29, 1.82) is 0 Å². The molecule has 1 nitrogen and oxygen atoms in total. The maximum Gasteiger partial charge on any atom is 0.128 e. The molecule has 0 bridgehead atoms. The number of benzene rings is 1. The van der Waals surface area contributed by atoms with Crippen molar-refractivity contribution in [2.75, 3.05) is 0 Å². The molecule has 0 aliphatic heterocycles. The molecule has 0 spiro atoms. The molecule has 2 rings (SSSR count). The molecule has 1 aromatic heterocycles. The third-order valence-corrected chi connectivity index (χ3v) is 2.86. The zero-order valence-electron chi connectivity index (χ0n) is 8.74.